The van der Waals surface area contributed by atoms with Crippen molar-refractivity contribution >= 4 is 22.9 Å². The summed E-state index contributed by atoms with van der Waals surface area (Å²) in [6, 6.07) is 3.51. The van der Waals surface area contributed by atoms with Crippen LogP contribution in [-0.4, -0.2) is 46.5 Å². The Hall–Kier alpha value is -2.70. The van der Waals surface area contributed by atoms with Gasteiger partial charge in [0.25, 0.3) is 5.91 Å². The van der Waals surface area contributed by atoms with Gasteiger partial charge < -0.3 is 14.2 Å². The van der Waals surface area contributed by atoms with Gasteiger partial charge in [-0.1, -0.05) is 0 Å². The van der Waals surface area contributed by atoms with Crippen molar-refractivity contribution in [1.82, 2.24) is 14.5 Å². The van der Waals surface area contributed by atoms with Crippen molar-refractivity contribution in [2.24, 2.45) is 5.92 Å². The molecule has 0 bridgehead atoms. The molecule has 3 heterocycles. The fraction of sp³-hybridized carbons (Fsp3) is 0.474. The molecule has 1 fully saturated rings. The van der Waals surface area contributed by atoms with E-state index in [1.165, 1.54) is 7.11 Å². The van der Waals surface area contributed by atoms with Crippen LogP contribution < -0.4 is 5.43 Å². The molecule has 0 atom stereocenters. The van der Waals surface area contributed by atoms with Gasteiger partial charge in [0.15, 0.2) is 0 Å². The number of aromatic nitrogens is 2. The van der Waals surface area contributed by atoms with Gasteiger partial charge in [-0.25, -0.2) is 4.98 Å². The van der Waals surface area contributed by atoms with Gasteiger partial charge in [0.2, 0.25) is 5.43 Å². The van der Waals surface area contributed by atoms with E-state index in [0.717, 1.165) is 5.69 Å². The minimum atomic E-state index is -0.294. The third-order valence-electron chi connectivity index (χ3n) is 4.95. The number of hydrogen-bond donors (Lipinski definition) is 0. The number of carbonyl (C=O) groups excluding carboxylic acids is 2. The van der Waals surface area contributed by atoms with Crippen LogP contribution in [-0.2, 0) is 16.1 Å². The molecule has 0 saturated carbocycles. The second-order valence-electron chi connectivity index (χ2n) is 6.57. The standard InChI is InChI=1S/C19H23N3O4/c1-4-21-11-15(16(23)14-6-5-12(2)20-17(14)21)18(24)22-9-7-13(8-10-22)19(25)26-3/h5-6,11,13H,4,7-10H2,1-3H3. The number of pyridine rings is 2. The fourth-order valence-corrected chi connectivity index (χ4v) is 3.41. The normalized spacial score (nSPS) is 15.3. The SMILES string of the molecule is CCn1cc(C(=O)N2CCC(C(=O)OC)CC2)c(=O)c2ccc(C)nc21. The molecule has 0 N–H and O–H groups in total. The van der Waals surface area contributed by atoms with Crippen LogP contribution in [0.3, 0.4) is 0 Å². The molecule has 138 valence electrons. The Balaban J connectivity index is 1.92. The molecule has 2 aromatic rings. The maximum Gasteiger partial charge on any atom is 0.308 e. The highest BCUT2D eigenvalue weighted by Gasteiger charge is 2.29. The molecule has 26 heavy (non-hydrogen) atoms. The lowest BCUT2D eigenvalue weighted by Crippen LogP contribution is -2.42. The molecule has 2 aromatic heterocycles. The average molecular weight is 357 g/mol. The molecule has 7 heteroatoms. The molecule has 0 unspecified atom stereocenters. The summed E-state index contributed by atoms with van der Waals surface area (Å²) in [4.78, 5) is 43.5. The Labute approximate surface area is 151 Å². The molecule has 0 spiro atoms. The number of likely N-dealkylation sites (tertiary alicyclic amines) is 1. The largest absolute Gasteiger partial charge is 0.469 e. The van der Waals surface area contributed by atoms with Crippen molar-refractivity contribution in [3.63, 3.8) is 0 Å². The lowest BCUT2D eigenvalue weighted by atomic mass is 9.96. The van der Waals surface area contributed by atoms with Gasteiger partial charge in [-0.05, 0) is 38.8 Å². The Morgan fingerprint density at radius 2 is 1.96 bits per heavy atom. The monoisotopic (exact) mass is 357 g/mol. The predicted molar refractivity (Wildman–Crippen MR) is 97.1 cm³/mol. The van der Waals surface area contributed by atoms with Gasteiger partial charge >= 0.3 is 5.97 Å². The highest BCUT2D eigenvalue weighted by Crippen LogP contribution is 2.20. The number of esters is 1. The molecule has 1 saturated heterocycles. The first kappa shape index (κ1) is 18.1. The van der Waals surface area contributed by atoms with Crippen LogP contribution in [0, 0.1) is 12.8 Å². The summed E-state index contributed by atoms with van der Waals surface area (Å²) in [6.07, 6.45) is 2.70. The van der Waals surface area contributed by atoms with Gasteiger partial charge in [0.1, 0.15) is 11.2 Å². The number of fused-ring (bicyclic) bond motifs is 1. The van der Waals surface area contributed by atoms with Gasteiger partial charge in [-0.3, -0.25) is 14.4 Å². The number of hydrogen-bond acceptors (Lipinski definition) is 5. The van der Waals surface area contributed by atoms with Crippen LogP contribution in [0.5, 0.6) is 0 Å². The van der Waals surface area contributed by atoms with E-state index in [1.807, 2.05) is 18.4 Å². The summed E-state index contributed by atoms with van der Waals surface area (Å²) < 4.78 is 6.61. The maximum absolute atomic E-state index is 12.9. The van der Waals surface area contributed by atoms with Crippen LogP contribution in [0.2, 0.25) is 0 Å². The van der Waals surface area contributed by atoms with E-state index in [9.17, 15) is 14.4 Å². The highest BCUT2D eigenvalue weighted by atomic mass is 16.5. The zero-order valence-electron chi connectivity index (χ0n) is 15.3. The van der Waals surface area contributed by atoms with Crippen molar-refractivity contribution in [2.45, 2.75) is 33.2 Å². The molecular formula is C19H23N3O4. The van der Waals surface area contributed by atoms with E-state index < -0.39 is 0 Å². The third kappa shape index (κ3) is 3.21. The van der Waals surface area contributed by atoms with E-state index >= 15 is 0 Å². The number of methoxy groups -OCH3 is 1. The summed E-state index contributed by atoms with van der Waals surface area (Å²) in [7, 11) is 1.37. The molecule has 0 radical (unpaired) electrons. The molecule has 1 aliphatic rings. The summed E-state index contributed by atoms with van der Waals surface area (Å²) >= 11 is 0. The van der Waals surface area contributed by atoms with E-state index in [-0.39, 0.29) is 28.8 Å². The number of aryl methyl sites for hydroxylation is 2. The fourth-order valence-electron chi connectivity index (χ4n) is 3.41. The van der Waals surface area contributed by atoms with Crippen LogP contribution >= 0.6 is 0 Å². The second kappa shape index (κ2) is 7.27. The van der Waals surface area contributed by atoms with Crippen molar-refractivity contribution < 1.29 is 14.3 Å². The quantitative estimate of drug-likeness (QED) is 0.782. The topological polar surface area (TPSA) is 81.5 Å². The third-order valence-corrected chi connectivity index (χ3v) is 4.95. The van der Waals surface area contributed by atoms with E-state index in [0.29, 0.717) is 43.5 Å². The highest BCUT2D eigenvalue weighted by molar-refractivity contribution is 5.97. The van der Waals surface area contributed by atoms with Gasteiger partial charge in [-0.2, -0.15) is 0 Å². The van der Waals surface area contributed by atoms with Gasteiger partial charge in [-0.15, -0.1) is 0 Å². The van der Waals surface area contributed by atoms with Crippen molar-refractivity contribution in [3.8, 4) is 0 Å². The minimum Gasteiger partial charge on any atom is -0.469 e. The lowest BCUT2D eigenvalue weighted by Gasteiger charge is -2.30. The van der Waals surface area contributed by atoms with E-state index in [4.69, 9.17) is 4.74 Å². The van der Waals surface area contributed by atoms with E-state index in [2.05, 4.69) is 4.98 Å². The van der Waals surface area contributed by atoms with Gasteiger partial charge in [0, 0.05) is 31.5 Å². The number of rotatable bonds is 3. The predicted octanol–water partition coefficient (Wildman–Crippen LogP) is 1.75. The first-order valence-corrected chi connectivity index (χ1v) is 8.84. The van der Waals surface area contributed by atoms with Crippen LogP contribution in [0.1, 0.15) is 35.8 Å². The Morgan fingerprint density at radius 3 is 2.58 bits per heavy atom. The van der Waals surface area contributed by atoms with Gasteiger partial charge in [0.05, 0.1) is 18.4 Å². The zero-order chi connectivity index (χ0) is 18.8. The summed E-state index contributed by atoms with van der Waals surface area (Å²) in [5.74, 6) is -0.708. The number of ether oxygens (including phenoxy) is 1. The molecular weight excluding hydrogens is 334 g/mol. The number of carbonyl (C=O) groups is 2. The van der Waals surface area contributed by atoms with Crippen LogP contribution in [0.4, 0.5) is 0 Å². The summed E-state index contributed by atoms with van der Waals surface area (Å²) in [5, 5.41) is 0.452. The van der Waals surface area contributed by atoms with Crippen molar-refractivity contribution in [2.75, 3.05) is 20.2 Å². The molecule has 3 rings (SSSR count). The number of piperidine rings is 1. The average Bonchev–Trinajstić information content (AvgIpc) is 2.67. The molecule has 0 aromatic carbocycles. The summed E-state index contributed by atoms with van der Waals surface area (Å²) in [5.41, 5.74) is 1.28. The maximum atomic E-state index is 12.9. The smallest absolute Gasteiger partial charge is 0.308 e. The van der Waals surface area contributed by atoms with Crippen molar-refractivity contribution in [1.29, 1.82) is 0 Å². The van der Waals surface area contributed by atoms with Crippen molar-refractivity contribution in [3.05, 3.63) is 39.8 Å². The Kier molecular flexibility index (Phi) is 5.06. The number of amides is 1. The van der Waals surface area contributed by atoms with Crippen LogP contribution in [0.15, 0.2) is 23.1 Å². The first-order valence-electron chi connectivity index (χ1n) is 8.84. The Morgan fingerprint density at radius 1 is 1.27 bits per heavy atom. The molecule has 1 amide bonds. The zero-order valence-corrected chi connectivity index (χ0v) is 15.3. The van der Waals surface area contributed by atoms with Crippen LogP contribution in [0.25, 0.3) is 11.0 Å². The molecule has 7 nitrogen and oxygen atoms in total. The Bertz CT molecular complexity index is 911. The number of nitrogens with zero attached hydrogens (tertiary/aromatic N) is 3. The van der Waals surface area contributed by atoms with E-state index in [1.54, 1.807) is 23.2 Å². The summed E-state index contributed by atoms with van der Waals surface area (Å²) in [6.45, 7) is 5.30. The molecule has 1 aliphatic heterocycles. The second-order valence-corrected chi connectivity index (χ2v) is 6.57. The lowest BCUT2D eigenvalue weighted by molar-refractivity contribution is -0.146. The first-order chi connectivity index (χ1) is 12.5. The minimum absolute atomic E-state index is 0.154. The molecule has 0 aliphatic carbocycles.